The Morgan fingerprint density at radius 2 is 1.52 bits per heavy atom. The molecule has 0 bridgehead atoms. The van der Waals surface area contributed by atoms with Crippen molar-refractivity contribution < 1.29 is 9.90 Å². The summed E-state index contributed by atoms with van der Waals surface area (Å²) >= 11 is 11.9. The molecule has 4 saturated heterocycles. The molecule has 9 heteroatoms. The van der Waals surface area contributed by atoms with Crippen molar-refractivity contribution in [3.05, 3.63) is 28.2 Å². The van der Waals surface area contributed by atoms with Crippen molar-refractivity contribution in [2.75, 3.05) is 70.8 Å². The van der Waals surface area contributed by atoms with Crippen molar-refractivity contribution in [2.45, 2.75) is 83.7 Å². The van der Waals surface area contributed by atoms with Crippen molar-refractivity contribution in [3.8, 4) is 0 Å². The van der Waals surface area contributed by atoms with Gasteiger partial charge in [0.05, 0.1) is 15.6 Å². The summed E-state index contributed by atoms with van der Waals surface area (Å²) in [6.07, 6.45) is 11.8. The van der Waals surface area contributed by atoms with Gasteiger partial charge in [0.25, 0.3) is 0 Å². The van der Waals surface area contributed by atoms with Gasteiger partial charge in [0.15, 0.2) is 0 Å². The number of carbonyl (C=O) groups is 1. The molecule has 2 unspecified atom stereocenters. The highest BCUT2D eigenvalue weighted by molar-refractivity contribution is 6.42. The van der Waals surface area contributed by atoms with Crippen molar-refractivity contribution in [1.29, 1.82) is 0 Å². The molecule has 0 saturated carbocycles. The summed E-state index contributed by atoms with van der Waals surface area (Å²) in [5.41, 5.74) is -0.0287. The molecular weight excluding hydrogens is 569 g/mol. The van der Waals surface area contributed by atoms with Crippen molar-refractivity contribution in [2.24, 2.45) is 17.8 Å². The lowest BCUT2D eigenvalue weighted by Crippen LogP contribution is -2.49. The molecule has 4 fully saturated rings. The van der Waals surface area contributed by atoms with E-state index in [4.69, 9.17) is 23.2 Å². The monoisotopic (exact) mass is 623 g/mol. The van der Waals surface area contributed by atoms with Crippen LogP contribution >= 0.6 is 23.2 Å². The quantitative estimate of drug-likeness (QED) is 0.320. The summed E-state index contributed by atoms with van der Waals surface area (Å²) in [5.74, 6) is 2.58. The Kier molecular flexibility index (Phi) is 13.5. The second kappa shape index (κ2) is 16.8. The van der Waals surface area contributed by atoms with E-state index in [1.165, 1.54) is 84.2 Å². The van der Waals surface area contributed by atoms with Crippen LogP contribution in [-0.4, -0.2) is 96.9 Å². The van der Waals surface area contributed by atoms with Gasteiger partial charge in [-0.15, -0.1) is 0 Å². The second-order valence-electron chi connectivity index (χ2n) is 13.2. The van der Waals surface area contributed by atoms with E-state index in [0.29, 0.717) is 47.6 Å². The SMILES string of the molecule is CCN1CCCC(CC2(O)CCN(C(=O)Nc3ccc(Cl)c(Cl)c3)CC2)C1.CCN1CCCC(CC2CCNCC2)C1. The minimum Gasteiger partial charge on any atom is -0.390 e. The van der Waals surface area contributed by atoms with Gasteiger partial charge in [-0.05, 0) is 139 Å². The molecular formula is C33H55Cl2N5O2. The average Bonchev–Trinajstić information content (AvgIpc) is 3.00. The topological polar surface area (TPSA) is 71.1 Å². The summed E-state index contributed by atoms with van der Waals surface area (Å²) in [4.78, 5) is 19.4. The lowest BCUT2D eigenvalue weighted by molar-refractivity contribution is -0.0378. The smallest absolute Gasteiger partial charge is 0.321 e. The molecule has 1 aromatic carbocycles. The number of hydrogen-bond donors (Lipinski definition) is 3. The van der Waals surface area contributed by atoms with Gasteiger partial charge >= 0.3 is 6.03 Å². The highest BCUT2D eigenvalue weighted by Gasteiger charge is 2.37. The molecule has 238 valence electrons. The Bertz CT molecular complexity index is 968. The molecule has 0 spiro atoms. The maximum atomic E-state index is 12.5. The van der Waals surface area contributed by atoms with Crippen LogP contribution in [-0.2, 0) is 0 Å². The molecule has 3 N–H and O–H groups in total. The van der Waals surface area contributed by atoms with Gasteiger partial charge in [-0.3, -0.25) is 0 Å². The van der Waals surface area contributed by atoms with Crippen LogP contribution in [0.4, 0.5) is 10.5 Å². The summed E-state index contributed by atoms with van der Waals surface area (Å²) in [6.45, 7) is 15.5. The van der Waals surface area contributed by atoms with Crippen molar-refractivity contribution in [1.82, 2.24) is 20.0 Å². The first-order valence-electron chi connectivity index (χ1n) is 16.7. The van der Waals surface area contributed by atoms with E-state index in [2.05, 4.69) is 34.3 Å². The van der Waals surface area contributed by atoms with E-state index < -0.39 is 5.60 Å². The lowest BCUT2D eigenvalue weighted by atomic mass is 9.80. The highest BCUT2D eigenvalue weighted by atomic mass is 35.5. The highest BCUT2D eigenvalue weighted by Crippen LogP contribution is 2.33. The minimum atomic E-state index is -0.651. The summed E-state index contributed by atoms with van der Waals surface area (Å²) in [7, 11) is 0. The van der Waals surface area contributed by atoms with Crippen LogP contribution in [0, 0.1) is 17.8 Å². The zero-order chi connectivity index (χ0) is 30.0. The fourth-order valence-electron chi connectivity index (χ4n) is 7.47. The number of urea groups is 1. The third-order valence-electron chi connectivity index (χ3n) is 10.0. The minimum absolute atomic E-state index is 0.162. The maximum Gasteiger partial charge on any atom is 0.321 e. The fourth-order valence-corrected chi connectivity index (χ4v) is 7.77. The van der Waals surface area contributed by atoms with Crippen LogP contribution in [0.3, 0.4) is 0 Å². The van der Waals surface area contributed by atoms with E-state index in [9.17, 15) is 9.90 Å². The zero-order valence-electron chi connectivity index (χ0n) is 26.1. The van der Waals surface area contributed by atoms with Crippen LogP contribution in [0.1, 0.15) is 78.1 Å². The van der Waals surface area contributed by atoms with Crippen LogP contribution in [0.5, 0.6) is 0 Å². The summed E-state index contributed by atoms with van der Waals surface area (Å²) < 4.78 is 0. The van der Waals surface area contributed by atoms with E-state index in [-0.39, 0.29) is 6.03 Å². The van der Waals surface area contributed by atoms with Crippen molar-refractivity contribution >= 4 is 34.9 Å². The molecule has 0 aliphatic carbocycles. The standard InChI is InChI=1S/C20H29Cl2N3O2.C13H26N2/c1-2-24-9-3-4-15(14-24)13-20(27)7-10-25(11-8-20)19(26)23-16-5-6-17(21)18(22)12-16;1-2-15-9-3-4-13(11-15)10-12-5-7-14-8-6-12/h5-6,12,15,27H,2-4,7-11,13-14H2,1H3,(H,23,26);12-14H,2-11H2,1H3. The number of carbonyl (C=O) groups excluding carboxylic acids is 1. The number of hydrogen-bond acceptors (Lipinski definition) is 5. The molecule has 4 heterocycles. The molecule has 7 nitrogen and oxygen atoms in total. The van der Waals surface area contributed by atoms with Crippen LogP contribution in [0.25, 0.3) is 0 Å². The third kappa shape index (κ3) is 10.5. The number of anilines is 1. The predicted molar refractivity (Wildman–Crippen MR) is 176 cm³/mol. The van der Waals surface area contributed by atoms with Crippen molar-refractivity contribution in [3.63, 3.8) is 0 Å². The van der Waals surface area contributed by atoms with E-state index in [1.54, 1.807) is 23.1 Å². The normalized spacial score (nSPS) is 25.9. The number of benzene rings is 1. The first kappa shape index (κ1) is 33.8. The fraction of sp³-hybridized carbons (Fsp3) is 0.788. The molecule has 1 aromatic rings. The van der Waals surface area contributed by atoms with E-state index >= 15 is 0 Å². The number of halogens is 2. The molecule has 2 atom stereocenters. The molecule has 0 radical (unpaired) electrons. The number of likely N-dealkylation sites (tertiary alicyclic amines) is 3. The van der Waals surface area contributed by atoms with E-state index in [1.807, 2.05) is 0 Å². The molecule has 0 aromatic heterocycles. The first-order chi connectivity index (χ1) is 20.3. The molecule has 42 heavy (non-hydrogen) atoms. The molecule has 4 aliphatic rings. The van der Waals surface area contributed by atoms with E-state index in [0.717, 1.165) is 31.3 Å². The molecule has 2 amide bonds. The Morgan fingerprint density at radius 3 is 2.14 bits per heavy atom. The van der Waals surface area contributed by atoms with Gasteiger partial charge in [-0.25, -0.2) is 4.79 Å². The number of piperidine rings is 4. The summed E-state index contributed by atoms with van der Waals surface area (Å²) in [6, 6.07) is 4.88. The lowest BCUT2D eigenvalue weighted by Gasteiger charge is -2.42. The number of nitrogens with one attached hydrogen (secondary N) is 2. The third-order valence-corrected chi connectivity index (χ3v) is 10.8. The number of amides is 2. The van der Waals surface area contributed by atoms with Crippen LogP contribution < -0.4 is 10.6 Å². The largest absolute Gasteiger partial charge is 0.390 e. The average molecular weight is 625 g/mol. The molecule has 4 aliphatic heterocycles. The Hall–Kier alpha value is -1.09. The Balaban J connectivity index is 0.000000227. The number of rotatable bonds is 7. The number of aliphatic hydroxyl groups is 1. The second-order valence-corrected chi connectivity index (χ2v) is 14.0. The summed E-state index contributed by atoms with van der Waals surface area (Å²) in [5, 5.41) is 18.2. The predicted octanol–water partition coefficient (Wildman–Crippen LogP) is 6.58. The van der Waals surface area contributed by atoms with Gasteiger partial charge < -0.3 is 30.4 Å². The van der Waals surface area contributed by atoms with Crippen LogP contribution in [0.15, 0.2) is 18.2 Å². The van der Waals surface area contributed by atoms with Gasteiger partial charge in [0.1, 0.15) is 0 Å². The van der Waals surface area contributed by atoms with Gasteiger partial charge in [0.2, 0.25) is 0 Å². The van der Waals surface area contributed by atoms with Gasteiger partial charge in [-0.2, -0.15) is 0 Å². The maximum absolute atomic E-state index is 12.5. The molecule has 5 rings (SSSR count). The van der Waals surface area contributed by atoms with Gasteiger partial charge in [0, 0.05) is 31.9 Å². The van der Waals surface area contributed by atoms with Crippen LogP contribution in [0.2, 0.25) is 10.0 Å². The number of nitrogens with zero attached hydrogens (tertiary/aromatic N) is 3. The first-order valence-corrected chi connectivity index (χ1v) is 17.4. The van der Waals surface area contributed by atoms with Gasteiger partial charge in [-0.1, -0.05) is 37.0 Å². The zero-order valence-corrected chi connectivity index (χ0v) is 27.6. The Labute approximate surface area is 264 Å². The Morgan fingerprint density at radius 1 is 0.905 bits per heavy atom.